The number of furan rings is 1. The van der Waals surface area contributed by atoms with Crippen molar-refractivity contribution >= 4 is 39.6 Å². The van der Waals surface area contributed by atoms with Crippen LogP contribution in [0.15, 0.2) is 120 Å². The standard InChI is InChI=1S/C28H24NO.C15H18GeN.Ir/c1-28(2,3)18-19-14-15-29-25(16-19)24-11-7-10-23-22-13-12-21(17-26(22)30-27(23)24)20-8-5-4-6-9-20;1-12-10-15(13-8-6-5-7-9-13)17-11-14(12)16(2,3)4;/h4-10,12-17H,18H2,1-3H3;5-8,10-11H,1-4H3;/q2*-1;/i18D2;;. The first-order valence-corrected chi connectivity index (χ1v) is 23.4. The number of hydrogen-bond acceptors (Lipinski definition) is 3. The zero-order valence-corrected chi connectivity index (χ0v) is 33.1. The first kappa shape index (κ1) is 32.7. The van der Waals surface area contributed by atoms with Crippen molar-refractivity contribution in [2.24, 2.45) is 5.41 Å². The van der Waals surface area contributed by atoms with Gasteiger partial charge < -0.3 is 9.40 Å². The quantitative estimate of drug-likeness (QED) is 0.128. The van der Waals surface area contributed by atoms with Gasteiger partial charge in [0.1, 0.15) is 5.58 Å². The zero-order valence-electron chi connectivity index (χ0n) is 30.6. The number of hydrogen-bond donors (Lipinski definition) is 0. The fourth-order valence-corrected chi connectivity index (χ4v) is 9.44. The Labute approximate surface area is 304 Å². The molecule has 3 heterocycles. The molecule has 0 saturated carbocycles. The Morgan fingerprint density at radius 2 is 1.54 bits per heavy atom. The maximum atomic E-state index is 8.64. The fourth-order valence-electron chi connectivity index (χ4n) is 5.86. The van der Waals surface area contributed by atoms with E-state index in [4.69, 9.17) is 7.16 Å². The number of rotatable bonds is 5. The summed E-state index contributed by atoms with van der Waals surface area (Å²) in [7, 11) is 0. The van der Waals surface area contributed by atoms with Crippen LogP contribution in [0.25, 0.3) is 55.6 Å². The molecular formula is C43H42GeIrN2O-2. The molecule has 3 nitrogen and oxygen atoms in total. The zero-order chi connectivity index (χ0) is 35.0. The summed E-state index contributed by atoms with van der Waals surface area (Å²) in [5, 5.41) is 2.04. The van der Waals surface area contributed by atoms with Crippen molar-refractivity contribution in [1.29, 1.82) is 0 Å². The molecule has 245 valence electrons. The molecule has 5 heteroatoms. The van der Waals surface area contributed by atoms with Gasteiger partial charge in [0.15, 0.2) is 0 Å². The minimum atomic E-state index is -1.77. The van der Waals surface area contributed by atoms with Crippen molar-refractivity contribution in [1.82, 2.24) is 9.97 Å². The second-order valence-electron chi connectivity index (χ2n) is 14.0. The molecule has 3 aromatic heterocycles. The Balaban J connectivity index is 0.000000229. The summed E-state index contributed by atoms with van der Waals surface area (Å²) in [6, 6.07) is 40.6. The summed E-state index contributed by atoms with van der Waals surface area (Å²) in [6.07, 6.45) is 2.24. The molecular weight excluding hydrogens is 825 g/mol. The van der Waals surface area contributed by atoms with Gasteiger partial charge in [0, 0.05) is 34.4 Å². The van der Waals surface area contributed by atoms with Crippen molar-refractivity contribution in [2.45, 2.75) is 51.3 Å². The smallest absolute Gasteiger partial charge is 0.121 e. The van der Waals surface area contributed by atoms with Crippen LogP contribution in [-0.2, 0) is 26.5 Å². The van der Waals surface area contributed by atoms with Gasteiger partial charge in [0.2, 0.25) is 0 Å². The van der Waals surface area contributed by atoms with Crippen LogP contribution in [0.2, 0.25) is 17.3 Å². The van der Waals surface area contributed by atoms with E-state index in [1.165, 1.54) is 9.96 Å². The van der Waals surface area contributed by atoms with Crippen LogP contribution < -0.4 is 4.40 Å². The van der Waals surface area contributed by atoms with Crippen LogP contribution in [0, 0.1) is 24.5 Å². The van der Waals surface area contributed by atoms with E-state index in [-0.39, 0.29) is 20.1 Å². The van der Waals surface area contributed by atoms with Gasteiger partial charge in [-0.05, 0) is 40.7 Å². The molecule has 7 rings (SSSR count). The molecule has 7 aromatic rings. The Hall–Kier alpha value is -3.83. The molecule has 0 saturated heterocycles. The van der Waals surface area contributed by atoms with Crippen molar-refractivity contribution in [3.05, 3.63) is 139 Å². The van der Waals surface area contributed by atoms with Crippen LogP contribution >= 0.6 is 0 Å². The summed E-state index contributed by atoms with van der Waals surface area (Å²) in [5.74, 6) is 7.20. The first-order chi connectivity index (χ1) is 23.2. The van der Waals surface area contributed by atoms with Gasteiger partial charge in [-0.2, -0.15) is 0 Å². The average molecular weight is 870 g/mol. The molecule has 0 fully saturated rings. The molecule has 0 unspecified atom stereocenters. The molecule has 0 amide bonds. The molecule has 1 radical (unpaired) electrons. The van der Waals surface area contributed by atoms with E-state index in [0.717, 1.165) is 44.3 Å². The SMILES string of the molecule is Cc1cc(-c2[c-]cccc2)nc[c]1[Ge]([CH3])([CH3])[CH3].[2H]C([2H])(c1ccnc(-c2[c-]ccc3c2oc2cc(-c4ccccc4)ccc23)c1)C(C)(C)C.[Ir]. The Bertz CT molecular complexity index is 2240. The van der Waals surface area contributed by atoms with Gasteiger partial charge in [-0.15, -0.1) is 18.2 Å². The number of nitrogens with zero attached hydrogens (tertiary/aromatic N) is 2. The molecule has 0 aliphatic heterocycles. The summed E-state index contributed by atoms with van der Waals surface area (Å²) in [6.45, 7) is 7.91. The van der Waals surface area contributed by atoms with Gasteiger partial charge in [-0.25, -0.2) is 0 Å². The summed E-state index contributed by atoms with van der Waals surface area (Å²) < 4.78 is 25.1. The van der Waals surface area contributed by atoms with E-state index in [1.54, 1.807) is 12.3 Å². The Kier molecular flexibility index (Phi) is 10.0. The second kappa shape index (κ2) is 14.7. The number of aryl methyl sites for hydroxylation is 1. The fraction of sp³-hybridized carbons (Fsp3) is 0.209. The summed E-state index contributed by atoms with van der Waals surface area (Å²) >= 11 is -1.77. The number of fused-ring (bicyclic) bond motifs is 3. The van der Waals surface area contributed by atoms with Crippen LogP contribution in [0.4, 0.5) is 0 Å². The van der Waals surface area contributed by atoms with Gasteiger partial charge in [0.05, 0.1) is 5.58 Å². The number of benzene rings is 4. The first-order valence-electron chi connectivity index (χ1n) is 17.1. The average Bonchev–Trinajstić information content (AvgIpc) is 3.46. The Morgan fingerprint density at radius 3 is 2.23 bits per heavy atom. The van der Waals surface area contributed by atoms with Crippen LogP contribution in [0.3, 0.4) is 0 Å². The van der Waals surface area contributed by atoms with Gasteiger partial charge >= 0.3 is 106 Å². The van der Waals surface area contributed by atoms with Crippen molar-refractivity contribution < 1.29 is 27.3 Å². The third-order valence-corrected chi connectivity index (χ3v) is 12.5. The normalized spacial score (nSPS) is 12.5. The minimum absolute atomic E-state index is 0. The van der Waals surface area contributed by atoms with Crippen LogP contribution in [-0.4, -0.2) is 23.2 Å². The molecule has 0 aliphatic carbocycles. The van der Waals surface area contributed by atoms with Crippen molar-refractivity contribution in [2.75, 3.05) is 0 Å². The molecule has 0 atom stereocenters. The third-order valence-electron chi connectivity index (χ3n) is 7.98. The van der Waals surface area contributed by atoms with E-state index in [9.17, 15) is 0 Å². The van der Waals surface area contributed by atoms with Crippen LogP contribution in [0.5, 0.6) is 0 Å². The summed E-state index contributed by atoms with van der Waals surface area (Å²) in [5.41, 5.74) is 8.69. The molecule has 4 aromatic carbocycles. The molecule has 0 N–H and O–H groups in total. The van der Waals surface area contributed by atoms with Crippen molar-refractivity contribution in [3.8, 4) is 33.6 Å². The molecule has 0 bridgehead atoms. The molecule has 48 heavy (non-hydrogen) atoms. The van der Waals surface area contributed by atoms with Crippen LogP contribution in [0.1, 0.15) is 34.6 Å². The predicted molar refractivity (Wildman–Crippen MR) is 201 cm³/mol. The number of pyridine rings is 2. The maximum absolute atomic E-state index is 8.64. The largest absolute Gasteiger partial charge is 0.501 e. The van der Waals surface area contributed by atoms with E-state index < -0.39 is 25.1 Å². The van der Waals surface area contributed by atoms with Crippen molar-refractivity contribution in [3.63, 3.8) is 0 Å². The monoisotopic (exact) mass is 871 g/mol. The van der Waals surface area contributed by atoms with Gasteiger partial charge in [-0.1, -0.05) is 85.8 Å². The topological polar surface area (TPSA) is 38.9 Å². The van der Waals surface area contributed by atoms with E-state index in [0.29, 0.717) is 16.8 Å². The third kappa shape index (κ3) is 8.23. The van der Waals surface area contributed by atoms with E-state index in [2.05, 4.69) is 95.0 Å². The Morgan fingerprint density at radius 1 is 0.771 bits per heavy atom. The van der Waals surface area contributed by atoms with E-state index >= 15 is 0 Å². The van der Waals surface area contributed by atoms with Gasteiger partial charge in [0.25, 0.3) is 0 Å². The molecule has 0 aliphatic rings. The number of aromatic nitrogens is 2. The second-order valence-corrected chi connectivity index (χ2v) is 24.6. The van der Waals surface area contributed by atoms with Gasteiger partial charge in [-0.3, -0.25) is 0 Å². The van der Waals surface area contributed by atoms with E-state index in [1.807, 2.05) is 75.4 Å². The minimum Gasteiger partial charge on any atom is -0.501 e. The molecule has 0 spiro atoms. The predicted octanol–water partition coefficient (Wildman–Crippen LogP) is 11.1. The summed E-state index contributed by atoms with van der Waals surface area (Å²) in [4.78, 5) is 9.12. The maximum Gasteiger partial charge on any atom is 0.121 e.